The van der Waals surface area contributed by atoms with E-state index >= 15 is 0 Å². The van der Waals surface area contributed by atoms with E-state index in [1.807, 2.05) is 0 Å². The number of aliphatic hydroxyl groups is 5. The Hall–Kier alpha value is -2.04. The highest BCUT2D eigenvalue weighted by atomic mass is 16.7. The van der Waals surface area contributed by atoms with Crippen LogP contribution in [0.1, 0.15) is 19.8 Å². The molecule has 0 bridgehead atoms. The predicted octanol–water partition coefficient (Wildman–Crippen LogP) is -2.02. The van der Waals surface area contributed by atoms with Gasteiger partial charge >= 0.3 is 0 Å². The molecule has 1 heterocycles. The monoisotopic (exact) mass is 362 g/mol. The van der Waals surface area contributed by atoms with E-state index in [-0.39, 0.29) is 6.61 Å². The van der Waals surface area contributed by atoms with Crippen molar-refractivity contribution < 1.29 is 35.0 Å². The molecule has 0 radical (unpaired) electrons. The molecule has 6 atom stereocenters. The van der Waals surface area contributed by atoms with Crippen LogP contribution in [0.4, 0.5) is 0 Å². The molecule has 0 aliphatic carbocycles. The lowest BCUT2D eigenvalue weighted by molar-refractivity contribution is -0.313. The summed E-state index contributed by atoms with van der Waals surface area (Å²) < 4.78 is 10.7. The van der Waals surface area contributed by atoms with Crippen molar-refractivity contribution in [2.24, 2.45) is 0 Å². The molecule has 2 unspecified atom stereocenters. The molecule has 7 heteroatoms. The molecule has 0 aromatic rings. The number of rotatable bonds is 6. The van der Waals surface area contributed by atoms with Crippen LogP contribution >= 0.6 is 0 Å². The molecule has 0 saturated carbocycles. The summed E-state index contributed by atoms with van der Waals surface area (Å²) >= 11 is 0. The second-order valence-electron chi connectivity index (χ2n) is 5.35. The van der Waals surface area contributed by atoms with Crippen molar-refractivity contribution in [1.82, 2.24) is 0 Å². The van der Waals surface area contributed by atoms with E-state index in [1.54, 1.807) is 6.92 Å². The van der Waals surface area contributed by atoms with Crippen LogP contribution in [-0.2, 0) is 9.47 Å². The van der Waals surface area contributed by atoms with Gasteiger partial charge in [-0.1, -0.05) is 11.8 Å². The molecule has 5 N–H and O–H groups in total. The fraction of sp³-hybridized carbons (Fsp3) is 0.579. The first-order valence-corrected chi connectivity index (χ1v) is 8.01. The van der Waals surface area contributed by atoms with Crippen molar-refractivity contribution in [2.75, 3.05) is 13.2 Å². The van der Waals surface area contributed by atoms with Crippen LogP contribution in [0.2, 0.25) is 0 Å². The number of hydrogen-bond donors (Lipinski definition) is 5. The van der Waals surface area contributed by atoms with E-state index in [1.165, 1.54) is 0 Å². The molecule has 1 rings (SSSR count). The molecule has 0 spiro atoms. The highest BCUT2D eigenvalue weighted by molar-refractivity contribution is 5.39. The SMILES string of the molecule is CC#CC#CC#CC#CCCC(CO)O[C@@H]1O[C@H](CO)[C@@H](O)C(O)[C@H]1O. The van der Waals surface area contributed by atoms with Crippen molar-refractivity contribution in [3.63, 3.8) is 0 Å². The third kappa shape index (κ3) is 7.06. The number of aliphatic hydroxyl groups excluding tert-OH is 5. The minimum Gasteiger partial charge on any atom is -0.394 e. The number of hydrogen-bond acceptors (Lipinski definition) is 7. The molecule has 26 heavy (non-hydrogen) atoms. The second kappa shape index (κ2) is 12.3. The van der Waals surface area contributed by atoms with E-state index < -0.39 is 43.4 Å². The van der Waals surface area contributed by atoms with Gasteiger partial charge in [0.2, 0.25) is 0 Å². The molecule has 0 aromatic heterocycles. The van der Waals surface area contributed by atoms with Gasteiger partial charge in [-0.05, 0) is 48.9 Å². The fourth-order valence-corrected chi connectivity index (χ4v) is 2.10. The topological polar surface area (TPSA) is 120 Å². The Morgan fingerprint density at radius 2 is 1.58 bits per heavy atom. The van der Waals surface area contributed by atoms with Crippen LogP contribution in [0.25, 0.3) is 0 Å². The van der Waals surface area contributed by atoms with Crippen LogP contribution in [0, 0.1) is 47.4 Å². The first-order chi connectivity index (χ1) is 12.5. The highest BCUT2D eigenvalue weighted by Crippen LogP contribution is 2.23. The van der Waals surface area contributed by atoms with E-state index in [0.717, 1.165) is 0 Å². The predicted molar refractivity (Wildman–Crippen MR) is 91.7 cm³/mol. The Bertz CT molecular complexity index is 672. The standard InChI is InChI=1S/C19H22O7/c1-2-3-4-5-6-7-8-9-10-11-14(12-20)25-19-18(24)17(23)16(22)15(13-21)26-19/h14-24H,10-13H2,1H3/t14?,15-,16-,17?,18-,19-/m1/s1. The number of ether oxygens (including phenoxy) is 2. The van der Waals surface area contributed by atoms with E-state index in [9.17, 15) is 20.4 Å². The van der Waals surface area contributed by atoms with Gasteiger partial charge in [-0.3, -0.25) is 0 Å². The highest BCUT2D eigenvalue weighted by Gasteiger charge is 2.44. The maximum atomic E-state index is 9.90. The minimum absolute atomic E-state index is 0.327. The quantitative estimate of drug-likeness (QED) is 0.346. The zero-order chi connectivity index (χ0) is 19.4. The van der Waals surface area contributed by atoms with Crippen molar-refractivity contribution in [3.8, 4) is 47.4 Å². The Balaban J connectivity index is 2.52. The van der Waals surface area contributed by atoms with Crippen LogP contribution in [0.5, 0.6) is 0 Å². The summed E-state index contributed by atoms with van der Waals surface area (Å²) in [4.78, 5) is 0. The molecule has 1 fully saturated rings. The van der Waals surface area contributed by atoms with Crippen LogP contribution in [-0.4, -0.2) is 75.6 Å². The molecule has 0 amide bonds. The Morgan fingerprint density at radius 1 is 0.923 bits per heavy atom. The van der Waals surface area contributed by atoms with Gasteiger partial charge in [-0.2, -0.15) is 0 Å². The maximum absolute atomic E-state index is 9.90. The average Bonchev–Trinajstić information content (AvgIpc) is 2.65. The van der Waals surface area contributed by atoms with Crippen LogP contribution in [0.3, 0.4) is 0 Å². The zero-order valence-corrected chi connectivity index (χ0v) is 14.3. The van der Waals surface area contributed by atoms with Gasteiger partial charge in [0.05, 0.1) is 19.3 Å². The average molecular weight is 362 g/mol. The summed E-state index contributed by atoms with van der Waals surface area (Å²) in [6.07, 6.45) is -6.87. The zero-order valence-electron chi connectivity index (χ0n) is 14.3. The van der Waals surface area contributed by atoms with Gasteiger partial charge in [0.15, 0.2) is 6.29 Å². The van der Waals surface area contributed by atoms with Gasteiger partial charge in [-0.15, -0.1) is 0 Å². The van der Waals surface area contributed by atoms with Crippen LogP contribution < -0.4 is 0 Å². The lowest BCUT2D eigenvalue weighted by Gasteiger charge is -2.40. The summed E-state index contributed by atoms with van der Waals surface area (Å²) in [6, 6.07) is 0. The molecule has 0 aromatic carbocycles. The molecular weight excluding hydrogens is 340 g/mol. The fourth-order valence-electron chi connectivity index (χ4n) is 2.10. The van der Waals surface area contributed by atoms with Crippen molar-refractivity contribution in [3.05, 3.63) is 0 Å². The van der Waals surface area contributed by atoms with Crippen molar-refractivity contribution in [2.45, 2.75) is 56.6 Å². The van der Waals surface area contributed by atoms with Crippen molar-refractivity contribution in [1.29, 1.82) is 0 Å². The first-order valence-electron chi connectivity index (χ1n) is 8.01. The Labute approximate surface area is 152 Å². The smallest absolute Gasteiger partial charge is 0.187 e. The third-order valence-electron chi connectivity index (χ3n) is 3.50. The summed E-state index contributed by atoms with van der Waals surface area (Å²) in [7, 11) is 0. The third-order valence-corrected chi connectivity index (χ3v) is 3.50. The summed E-state index contributed by atoms with van der Waals surface area (Å²) in [6.45, 7) is 0.765. The lowest BCUT2D eigenvalue weighted by Crippen LogP contribution is -2.59. The molecule has 1 aliphatic heterocycles. The lowest BCUT2D eigenvalue weighted by atomic mass is 9.99. The normalized spacial score (nSPS) is 28.0. The largest absolute Gasteiger partial charge is 0.394 e. The molecular formula is C19H22O7. The summed E-state index contributed by atoms with van der Waals surface area (Å²) in [5, 5.41) is 47.8. The first kappa shape index (κ1) is 22.0. The van der Waals surface area contributed by atoms with Gasteiger partial charge in [0.25, 0.3) is 0 Å². The van der Waals surface area contributed by atoms with E-state index in [0.29, 0.717) is 12.8 Å². The van der Waals surface area contributed by atoms with Gasteiger partial charge in [-0.25, -0.2) is 0 Å². The van der Waals surface area contributed by atoms with E-state index in [2.05, 4.69) is 47.4 Å². The van der Waals surface area contributed by atoms with Gasteiger partial charge in [0, 0.05) is 6.42 Å². The molecule has 1 aliphatic rings. The van der Waals surface area contributed by atoms with Crippen LogP contribution in [0.15, 0.2) is 0 Å². The molecule has 1 saturated heterocycles. The second-order valence-corrected chi connectivity index (χ2v) is 5.35. The van der Waals surface area contributed by atoms with Gasteiger partial charge < -0.3 is 35.0 Å². The minimum atomic E-state index is -1.53. The molecule has 140 valence electrons. The summed E-state index contributed by atoms with van der Waals surface area (Å²) in [5.41, 5.74) is 0. The van der Waals surface area contributed by atoms with E-state index in [4.69, 9.17) is 14.6 Å². The van der Waals surface area contributed by atoms with Gasteiger partial charge in [0.1, 0.15) is 24.4 Å². The maximum Gasteiger partial charge on any atom is 0.187 e. The van der Waals surface area contributed by atoms with Crippen molar-refractivity contribution >= 4 is 0 Å². The summed E-state index contributed by atoms with van der Waals surface area (Å²) in [5.74, 6) is 20.6. The molecule has 7 nitrogen and oxygen atoms in total. The Morgan fingerprint density at radius 3 is 2.19 bits per heavy atom. The Kier molecular flexibility index (Phi) is 10.4.